The highest BCUT2D eigenvalue weighted by molar-refractivity contribution is 7.99. The van der Waals surface area contributed by atoms with Crippen molar-refractivity contribution in [3.63, 3.8) is 0 Å². The van der Waals surface area contributed by atoms with Gasteiger partial charge in [-0.05, 0) is 13.8 Å². The van der Waals surface area contributed by atoms with Crippen LogP contribution in [0.2, 0.25) is 5.15 Å². The van der Waals surface area contributed by atoms with Gasteiger partial charge in [-0.2, -0.15) is 0 Å². The average Bonchev–Trinajstić information content (AvgIpc) is 2.48. The monoisotopic (exact) mass is 342 g/mol. The van der Waals surface area contributed by atoms with E-state index in [9.17, 15) is 0 Å². The first-order chi connectivity index (χ1) is 10.5. The normalized spacial score (nSPS) is 16.2. The summed E-state index contributed by atoms with van der Waals surface area (Å²) < 4.78 is 5.41. The number of hydrogen-bond donors (Lipinski definition) is 0. The lowest BCUT2D eigenvalue weighted by Gasteiger charge is -2.28. The fourth-order valence-corrected chi connectivity index (χ4v) is 3.01. The Hall–Kier alpha value is -0.850. The Labute approximate surface area is 141 Å². The van der Waals surface area contributed by atoms with E-state index in [1.807, 2.05) is 20.1 Å². The molecule has 0 aromatic carbocycles. The molecular weight excluding hydrogens is 320 g/mol. The lowest BCUT2D eigenvalue weighted by molar-refractivity contribution is 0.122. The Morgan fingerprint density at radius 2 is 1.91 bits per heavy atom. The van der Waals surface area contributed by atoms with E-state index in [2.05, 4.69) is 28.7 Å². The number of morpholine rings is 1. The quantitative estimate of drug-likeness (QED) is 0.607. The molecule has 0 radical (unpaired) electrons. The van der Waals surface area contributed by atoms with Crippen molar-refractivity contribution in [2.75, 3.05) is 31.2 Å². The van der Waals surface area contributed by atoms with Gasteiger partial charge in [-0.3, -0.25) is 4.99 Å². The molecule has 22 heavy (non-hydrogen) atoms. The predicted octanol–water partition coefficient (Wildman–Crippen LogP) is 3.29. The molecule has 0 saturated carbocycles. The molecule has 0 atom stereocenters. The molecule has 122 valence electrons. The van der Waals surface area contributed by atoms with E-state index >= 15 is 0 Å². The van der Waals surface area contributed by atoms with Gasteiger partial charge >= 0.3 is 0 Å². The molecule has 0 unspecified atom stereocenters. The van der Waals surface area contributed by atoms with Crippen LogP contribution in [-0.2, 0) is 4.74 Å². The van der Waals surface area contributed by atoms with Gasteiger partial charge < -0.3 is 9.64 Å². The molecule has 5 nitrogen and oxygen atoms in total. The van der Waals surface area contributed by atoms with Gasteiger partial charge in [0, 0.05) is 24.4 Å². The number of thioether (sulfide) groups is 1. The molecule has 1 saturated heterocycles. The summed E-state index contributed by atoms with van der Waals surface area (Å²) in [5, 5.41) is 1.62. The first kappa shape index (κ1) is 17.5. The topological polar surface area (TPSA) is 50.6 Å². The van der Waals surface area contributed by atoms with Crippen LogP contribution >= 0.6 is 23.4 Å². The fourth-order valence-electron chi connectivity index (χ4n) is 2.02. The van der Waals surface area contributed by atoms with Gasteiger partial charge in [0.15, 0.2) is 11.0 Å². The third kappa shape index (κ3) is 4.83. The molecule has 1 aromatic rings. The standard InChI is InChI=1S/C15H23ClN4OS/c1-10(2)17-9-12-14(20-5-7-21-8-6-20)19-13(16)15(18-12)22-11(3)4/h9-11H,5-8H2,1-4H3. The van der Waals surface area contributed by atoms with Crippen LogP contribution < -0.4 is 4.90 Å². The maximum Gasteiger partial charge on any atom is 0.163 e. The molecule has 1 aliphatic rings. The molecule has 2 rings (SSSR count). The van der Waals surface area contributed by atoms with Gasteiger partial charge in [0.25, 0.3) is 0 Å². The number of aromatic nitrogens is 2. The number of hydrogen-bond acceptors (Lipinski definition) is 6. The Morgan fingerprint density at radius 1 is 1.23 bits per heavy atom. The Morgan fingerprint density at radius 3 is 2.50 bits per heavy atom. The van der Waals surface area contributed by atoms with Gasteiger partial charge in [-0.1, -0.05) is 25.4 Å². The predicted molar refractivity (Wildman–Crippen MR) is 93.8 cm³/mol. The zero-order chi connectivity index (χ0) is 16.1. The summed E-state index contributed by atoms with van der Waals surface area (Å²) in [5.74, 6) is 0.797. The van der Waals surface area contributed by atoms with Crippen molar-refractivity contribution in [3.8, 4) is 0 Å². The van der Waals surface area contributed by atoms with E-state index in [4.69, 9.17) is 21.3 Å². The Kier molecular flexibility index (Phi) is 6.47. The summed E-state index contributed by atoms with van der Waals surface area (Å²) in [5.41, 5.74) is 0.781. The van der Waals surface area contributed by atoms with Crippen LogP contribution in [0.3, 0.4) is 0 Å². The maximum atomic E-state index is 6.33. The average molecular weight is 343 g/mol. The summed E-state index contributed by atoms with van der Waals surface area (Å²) in [6.07, 6.45) is 1.81. The van der Waals surface area contributed by atoms with E-state index in [1.165, 1.54) is 0 Å². The summed E-state index contributed by atoms with van der Waals surface area (Å²) in [7, 11) is 0. The summed E-state index contributed by atoms with van der Waals surface area (Å²) in [6, 6.07) is 0.219. The second-order valence-electron chi connectivity index (χ2n) is 5.67. The summed E-state index contributed by atoms with van der Waals surface area (Å²) >= 11 is 7.95. The molecule has 0 bridgehead atoms. The SMILES string of the molecule is CC(C)N=Cc1nc(SC(C)C)c(Cl)nc1N1CCOCC1. The fraction of sp³-hybridized carbons (Fsp3) is 0.667. The number of anilines is 1. The summed E-state index contributed by atoms with van der Waals surface area (Å²) in [6.45, 7) is 11.3. The first-order valence-electron chi connectivity index (χ1n) is 7.57. The molecule has 1 aliphatic heterocycles. The largest absolute Gasteiger partial charge is 0.378 e. The molecule has 1 fully saturated rings. The third-order valence-corrected chi connectivity index (χ3v) is 4.34. The van der Waals surface area contributed by atoms with Crippen molar-refractivity contribution in [3.05, 3.63) is 10.8 Å². The molecule has 2 heterocycles. The van der Waals surface area contributed by atoms with Crippen LogP contribution in [0.5, 0.6) is 0 Å². The highest BCUT2D eigenvalue weighted by Gasteiger charge is 2.20. The van der Waals surface area contributed by atoms with E-state index < -0.39 is 0 Å². The minimum Gasteiger partial charge on any atom is -0.378 e. The zero-order valence-electron chi connectivity index (χ0n) is 13.5. The van der Waals surface area contributed by atoms with Crippen molar-refractivity contribution in [1.29, 1.82) is 0 Å². The lowest BCUT2D eigenvalue weighted by Crippen LogP contribution is -2.37. The minimum absolute atomic E-state index is 0.219. The van der Waals surface area contributed by atoms with Crippen molar-refractivity contribution >= 4 is 35.4 Å². The van der Waals surface area contributed by atoms with Gasteiger partial charge in [0.2, 0.25) is 0 Å². The number of nitrogens with zero attached hydrogens (tertiary/aromatic N) is 4. The van der Waals surface area contributed by atoms with Crippen molar-refractivity contribution in [1.82, 2.24) is 9.97 Å². The van der Waals surface area contributed by atoms with Crippen molar-refractivity contribution < 1.29 is 4.74 Å². The molecule has 0 amide bonds. The van der Waals surface area contributed by atoms with Gasteiger partial charge in [-0.25, -0.2) is 9.97 Å². The van der Waals surface area contributed by atoms with Gasteiger partial charge in [-0.15, -0.1) is 11.8 Å². The summed E-state index contributed by atoms with van der Waals surface area (Å²) in [4.78, 5) is 15.9. The van der Waals surface area contributed by atoms with Gasteiger partial charge in [0.1, 0.15) is 10.7 Å². The molecule has 1 aromatic heterocycles. The van der Waals surface area contributed by atoms with Crippen molar-refractivity contribution in [2.45, 2.75) is 44.0 Å². The molecular formula is C15H23ClN4OS. The van der Waals surface area contributed by atoms with E-state index in [0.717, 1.165) is 29.6 Å². The van der Waals surface area contributed by atoms with E-state index in [-0.39, 0.29) is 6.04 Å². The second kappa shape index (κ2) is 8.13. The number of aliphatic imine (C=N–C) groups is 1. The highest BCUT2D eigenvalue weighted by atomic mass is 35.5. The Balaban J connectivity index is 2.38. The van der Waals surface area contributed by atoms with Crippen LogP contribution in [-0.4, -0.2) is 53.8 Å². The third-order valence-electron chi connectivity index (χ3n) is 2.98. The molecule has 0 N–H and O–H groups in total. The second-order valence-corrected chi connectivity index (χ2v) is 7.59. The highest BCUT2D eigenvalue weighted by Crippen LogP contribution is 2.30. The smallest absolute Gasteiger partial charge is 0.163 e. The van der Waals surface area contributed by atoms with Crippen LogP contribution in [0, 0.1) is 0 Å². The first-order valence-corrected chi connectivity index (χ1v) is 8.83. The number of ether oxygens (including phenoxy) is 1. The van der Waals surface area contributed by atoms with Crippen LogP contribution in [0.15, 0.2) is 10.0 Å². The molecule has 0 aliphatic carbocycles. The van der Waals surface area contributed by atoms with E-state index in [0.29, 0.717) is 23.6 Å². The zero-order valence-corrected chi connectivity index (χ0v) is 15.1. The number of rotatable bonds is 5. The van der Waals surface area contributed by atoms with E-state index in [1.54, 1.807) is 11.8 Å². The number of halogens is 1. The van der Waals surface area contributed by atoms with Crippen LogP contribution in [0.4, 0.5) is 5.82 Å². The van der Waals surface area contributed by atoms with Gasteiger partial charge in [0.05, 0.1) is 19.4 Å². The minimum atomic E-state index is 0.219. The maximum absolute atomic E-state index is 6.33. The van der Waals surface area contributed by atoms with Crippen LogP contribution in [0.25, 0.3) is 0 Å². The lowest BCUT2D eigenvalue weighted by atomic mass is 10.3. The molecule has 0 spiro atoms. The van der Waals surface area contributed by atoms with Crippen LogP contribution in [0.1, 0.15) is 33.4 Å². The Bertz CT molecular complexity index is 531. The molecule has 7 heteroatoms. The van der Waals surface area contributed by atoms with Crippen molar-refractivity contribution in [2.24, 2.45) is 4.99 Å².